The van der Waals surface area contributed by atoms with E-state index in [1.165, 1.54) is 6.20 Å². The van der Waals surface area contributed by atoms with Crippen LogP contribution in [-0.4, -0.2) is 20.0 Å². The second kappa shape index (κ2) is 5.03. The zero-order valence-corrected chi connectivity index (χ0v) is 12.2. The van der Waals surface area contributed by atoms with Crippen molar-refractivity contribution >= 4 is 28.3 Å². The van der Waals surface area contributed by atoms with E-state index in [1.54, 1.807) is 35.4 Å². The molecule has 0 unspecified atom stereocenters. The van der Waals surface area contributed by atoms with Crippen molar-refractivity contribution in [3.63, 3.8) is 0 Å². The number of amides is 1. The molecule has 112 valence electrons. The number of hydrogen-bond acceptors (Lipinski definition) is 4. The maximum absolute atomic E-state index is 11.9. The summed E-state index contributed by atoms with van der Waals surface area (Å²) < 4.78 is 3.18. The molecular weight excluding hydrogens is 282 g/mol. The van der Waals surface area contributed by atoms with Gasteiger partial charge in [0.25, 0.3) is 5.91 Å². The van der Waals surface area contributed by atoms with Crippen LogP contribution in [0.1, 0.15) is 10.5 Å². The number of rotatable bonds is 3. The molecule has 0 aliphatic carbocycles. The van der Waals surface area contributed by atoms with E-state index in [4.69, 9.17) is 5.73 Å². The van der Waals surface area contributed by atoms with Crippen LogP contribution in [0.15, 0.2) is 41.3 Å². The van der Waals surface area contributed by atoms with Crippen molar-refractivity contribution in [3.05, 3.63) is 52.7 Å². The van der Waals surface area contributed by atoms with E-state index in [-0.39, 0.29) is 11.4 Å². The van der Waals surface area contributed by atoms with Crippen LogP contribution in [-0.2, 0) is 14.1 Å². The Balaban J connectivity index is 2.01. The fourth-order valence-electron chi connectivity index (χ4n) is 2.39. The number of primary amides is 1. The molecule has 0 bridgehead atoms. The number of anilines is 2. The number of nitrogens with zero attached hydrogens (tertiary/aromatic N) is 3. The van der Waals surface area contributed by atoms with Crippen LogP contribution in [0.5, 0.6) is 0 Å². The molecule has 1 aromatic carbocycles. The molecule has 0 aliphatic rings. The van der Waals surface area contributed by atoms with E-state index < -0.39 is 5.91 Å². The van der Waals surface area contributed by atoms with E-state index in [9.17, 15) is 9.59 Å². The van der Waals surface area contributed by atoms with Gasteiger partial charge in [0.05, 0.1) is 11.0 Å². The minimum atomic E-state index is -0.579. The summed E-state index contributed by atoms with van der Waals surface area (Å²) in [5.41, 5.74) is 8.51. The SMILES string of the molecule is Cn1c(=O)n(C)c2cc(Nc3ccnc(C(N)=O)c3)ccc21. The summed E-state index contributed by atoms with van der Waals surface area (Å²) in [6.07, 6.45) is 1.51. The highest BCUT2D eigenvalue weighted by atomic mass is 16.2. The first-order valence-corrected chi connectivity index (χ1v) is 6.65. The average molecular weight is 297 g/mol. The predicted octanol–water partition coefficient (Wildman–Crippen LogP) is 1.11. The largest absolute Gasteiger partial charge is 0.364 e. The fraction of sp³-hybridized carbons (Fsp3) is 0.133. The van der Waals surface area contributed by atoms with Gasteiger partial charge in [-0.05, 0) is 30.3 Å². The first-order valence-electron chi connectivity index (χ1n) is 6.65. The molecule has 0 aliphatic heterocycles. The van der Waals surface area contributed by atoms with Gasteiger partial charge >= 0.3 is 5.69 Å². The third-order valence-electron chi connectivity index (χ3n) is 3.57. The van der Waals surface area contributed by atoms with Crippen LogP contribution in [0.4, 0.5) is 11.4 Å². The molecule has 3 aromatic rings. The van der Waals surface area contributed by atoms with Gasteiger partial charge in [0.1, 0.15) is 5.69 Å². The highest BCUT2D eigenvalue weighted by Gasteiger charge is 2.09. The number of benzene rings is 1. The quantitative estimate of drug-likeness (QED) is 0.757. The highest BCUT2D eigenvalue weighted by molar-refractivity contribution is 5.92. The Morgan fingerprint density at radius 1 is 1.09 bits per heavy atom. The van der Waals surface area contributed by atoms with Gasteiger partial charge in [-0.25, -0.2) is 4.79 Å². The highest BCUT2D eigenvalue weighted by Crippen LogP contribution is 2.21. The van der Waals surface area contributed by atoms with Gasteiger partial charge in [-0.15, -0.1) is 0 Å². The Morgan fingerprint density at radius 2 is 1.77 bits per heavy atom. The summed E-state index contributed by atoms with van der Waals surface area (Å²) in [4.78, 5) is 27.0. The summed E-state index contributed by atoms with van der Waals surface area (Å²) >= 11 is 0. The van der Waals surface area contributed by atoms with E-state index in [0.29, 0.717) is 5.69 Å². The van der Waals surface area contributed by atoms with Gasteiger partial charge in [0.2, 0.25) is 0 Å². The number of aromatic nitrogens is 3. The summed E-state index contributed by atoms with van der Waals surface area (Å²) in [7, 11) is 3.46. The lowest BCUT2D eigenvalue weighted by molar-refractivity contribution is 0.0995. The van der Waals surface area contributed by atoms with Crippen LogP contribution in [0.3, 0.4) is 0 Å². The molecular formula is C15H15N5O2. The maximum Gasteiger partial charge on any atom is 0.328 e. The van der Waals surface area contributed by atoms with Crippen molar-refractivity contribution in [1.29, 1.82) is 0 Å². The molecule has 1 amide bonds. The predicted molar refractivity (Wildman–Crippen MR) is 84.2 cm³/mol. The maximum atomic E-state index is 11.9. The van der Waals surface area contributed by atoms with Gasteiger partial charge in [-0.1, -0.05) is 0 Å². The number of nitrogens with two attached hydrogens (primary N) is 1. The summed E-state index contributed by atoms with van der Waals surface area (Å²) in [6.45, 7) is 0. The fourth-order valence-corrected chi connectivity index (χ4v) is 2.39. The first-order chi connectivity index (χ1) is 10.5. The zero-order valence-electron chi connectivity index (χ0n) is 12.2. The number of aryl methyl sites for hydroxylation is 2. The third kappa shape index (κ3) is 2.22. The molecule has 0 saturated heterocycles. The number of carbonyl (C=O) groups excluding carboxylic acids is 1. The van der Waals surface area contributed by atoms with Crippen molar-refractivity contribution in [2.75, 3.05) is 5.32 Å². The monoisotopic (exact) mass is 297 g/mol. The number of imidazole rings is 1. The van der Waals surface area contributed by atoms with Crippen molar-refractivity contribution in [3.8, 4) is 0 Å². The molecule has 0 saturated carbocycles. The second-order valence-corrected chi connectivity index (χ2v) is 5.02. The Bertz CT molecular complexity index is 939. The van der Waals surface area contributed by atoms with E-state index in [1.807, 2.05) is 18.2 Å². The van der Waals surface area contributed by atoms with Gasteiger partial charge in [0, 0.05) is 31.7 Å². The lowest BCUT2D eigenvalue weighted by atomic mass is 10.2. The first kappa shape index (κ1) is 13.9. The Morgan fingerprint density at radius 3 is 2.50 bits per heavy atom. The summed E-state index contributed by atoms with van der Waals surface area (Å²) in [5.74, 6) is -0.579. The van der Waals surface area contributed by atoms with Crippen LogP contribution in [0.2, 0.25) is 0 Å². The molecule has 3 N–H and O–H groups in total. The minimum Gasteiger partial charge on any atom is -0.364 e. The number of carbonyl (C=O) groups is 1. The van der Waals surface area contributed by atoms with E-state index in [0.717, 1.165) is 16.7 Å². The Hall–Kier alpha value is -3.09. The topological polar surface area (TPSA) is 94.9 Å². The summed E-state index contributed by atoms with van der Waals surface area (Å²) in [6, 6.07) is 8.93. The number of fused-ring (bicyclic) bond motifs is 1. The van der Waals surface area contributed by atoms with Gasteiger partial charge in [-0.2, -0.15) is 0 Å². The van der Waals surface area contributed by atoms with Crippen molar-refractivity contribution in [2.24, 2.45) is 19.8 Å². The lowest BCUT2D eigenvalue weighted by Crippen LogP contribution is -2.19. The molecule has 7 nitrogen and oxygen atoms in total. The number of nitrogens with one attached hydrogen (secondary N) is 1. The van der Waals surface area contributed by atoms with Crippen molar-refractivity contribution in [1.82, 2.24) is 14.1 Å². The molecule has 0 radical (unpaired) electrons. The van der Waals surface area contributed by atoms with Gasteiger partial charge in [-0.3, -0.25) is 18.9 Å². The molecule has 2 heterocycles. The lowest BCUT2D eigenvalue weighted by Gasteiger charge is -2.07. The zero-order chi connectivity index (χ0) is 15.9. The Kier molecular flexibility index (Phi) is 3.17. The summed E-state index contributed by atoms with van der Waals surface area (Å²) in [5, 5.41) is 3.17. The Labute approximate surface area is 126 Å². The van der Waals surface area contributed by atoms with Crippen LogP contribution in [0, 0.1) is 0 Å². The van der Waals surface area contributed by atoms with E-state index >= 15 is 0 Å². The molecule has 22 heavy (non-hydrogen) atoms. The third-order valence-corrected chi connectivity index (χ3v) is 3.57. The van der Waals surface area contributed by atoms with Crippen LogP contribution >= 0.6 is 0 Å². The smallest absolute Gasteiger partial charge is 0.328 e. The normalized spacial score (nSPS) is 10.8. The van der Waals surface area contributed by atoms with Crippen molar-refractivity contribution < 1.29 is 4.79 Å². The average Bonchev–Trinajstić information content (AvgIpc) is 2.72. The molecule has 3 rings (SSSR count). The van der Waals surface area contributed by atoms with Crippen molar-refractivity contribution in [2.45, 2.75) is 0 Å². The van der Waals surface area contributed by atoms with Crippen LogP contribution < -0.4 is 16.7 Å². The minimum absolute atomic E-state index is 0.0768. The van der Waals surface area contributed by atoms with E-state index in [2.05, 4.69) is 10.3 Å². The molecule has 0 fully saturated rings. The van der Waals surface area contributed by atoms with Gasteiger partial charge < -0.3 is 11.1 Å². The molecule has 0 atom stereocenters. The number of hydrogen-bond donors (Lipinski definition) is 2. The van der Waals surface area contributed by atoms with Crippen LogP contribution in [0.25, 0.3) is 11.0 Å². The number of pyridine rings is 1. The molecule has 2 aromatic heterocycles. The standard InChI is InChI=1S/C15H15N5O2/c1-19-12-4-3-9(8-13(12)20(2)15(19)22)18-10-5-6-17-11(7-10)14(16)21/h3-8H,1-2H3,(H2,16,21)(H,17,18). The second-order valence-electron chi connectivity index (χ2n) is 5.02. The van der Waals surface area contributed by atoms with Gasteiger partial charge in [0.15, 0.2) is 0 Å². The molecule has 7 heteroatoms. The molecule has 0 spiro atoms.